The van der Waals surface area contributed by atoms with E-state index in [-0.39, 0.29) is 11.5 Å². The van der Waals surface area contributed by atoms with Crippen LogP contribution in [-0.4, -0.2) is 28.0 Å². The molecule has 0 radical (unpaired) electrons. The van der Waals surface area contributed by atoms with E-state index in [4.69, 9.17) is 16.3 Å². The van der Waals surface area contributed by atoms with Crippen molar-refractivity contribution in [3.8, 4) is 5.75 Å². The lowest BCUT2D eigenvalue weighted by molar-refractivity contribution is -0.118. The quantitative estimate of drug-likeness (QED) is 0.489. The van der Waals surface area contributed by atoms with E-state index >= 15 is 0 Å². The smallest absolute Gasteiger partial charge is 0.264 e. The molecule has 0 aliphatic heterocycles. The SMILES string of the molecule is CN(c1ccccc1)S(=O)(=O)c1ccc(NC(=O)COc2ccc(Br)cc2Cl)cc1. The molecule has 1 amide bonds. The fourth-order valence-electron chi connectivity index (χ4n) is 2.58. The van der Waals surface area contributed by atoms with Crippen molar-refractivity contribution in [3.63, 3.8) is 0 Å². The number of anilines is 2. The summed E-state index contributed by atoms with van der Waals surface area (Å²) in [5.41, 5.74) is 1.01. The van der Waals surface area contributed by atoms with Gasteiger partial charge in [0.05, 0.1) is 15.6 Å². The zero-order chi connectivity index (χ0) is 21.7. The standard InChI is InChI=1S/C21H18BrClN2O4S/c1-25(17-5-3-2-4-6-17)30(27,28)18-10-8-16(9-11-18)24-21(26)14-29-20-12-7-15(22)13-19(20)23/h2-13H,14H2,1H3,(H,24,26). The minimum absolute atomic E-state index is 0.116. The number of carbonyl (C=O) groups is 1. The molecule has 0 heterocycles. The van der Waals surface area contributed by atoms with Gasteiger partial charge in [0.2, 0.25) is 0 Å². The molecule has 3 rings (SSSR count). The number of carbonyl (C=O) groups excluding carboxylic acids is 1. The van der Waals surface area contributed by atoms with Crippen molar-refractivity contribution in [2.45, 2.75) is 4.90 Å². The first-order chi connectivity index (χ1) is 14.3. The topological polar surface area (TPSA) is 75.7 Å². The normalized spacial score (nSPS) is 11.0. The Morgan fingerprint density at radius 2 is 1.73 bits per heavy atom. The van der Waals surface area contributed by atoms with Crippen molar-refractivity contribution in [1.29, 1.82) is 0 Å². The number of rotatable bonds is 7. The summed E-state index contributed by atoms with van der Waals surface area (Å²) in [6, 6.07) is 19.8. The van der Waals surface area contributed by atoms with Gasteiger partial charge < -0.3 is 10.1 Å². The van der Waals surface area contributed by atoms with Crippen molar-refractivity contribution >= 4 is 54.8 Å². The van der Waals surface area contributed by atoms with Crippen molar-refractivity contribution in [2.24, 2.45) is 0 Å². The van der Waals surface area contributed by atoms with Gasteiger partial charge in [-0.15, -0.1) is 0 Å². The number of halogens is 2. The lowest BCUT2D eigenvalue weighted by Gasteiger charge is -2.19. The van der Waals surface area contributed by atoms with E-state index in [1.54, 1.807) is 42.5 Å². The maximum absolute atomic E-state index is 12.8. The third-order valence-electron chi connectivity index (χ3n) is 4.17. The van der Waals surface area contributed by atoms with Gasteiger partial charge in [-0.2, -0.15) is 0 Å². The number of sulfonamides is 1. The molecule has 30 heavy (non-hydrogen) atoms. The molecule has 0 aliphatic rings. The molecule has 0 bridgehead atoms. The second-order valence-corrected chi connectivity index (χ2v) is 9.54. The summed E-state index contributed by atoms with van der Waals surface area (Å²) in [6.45, 7) is -0.238. The van der Waals surface area contributed by atoms with E-state index in [9.17, 15) is 13.2 Å². The number of hydrogen-bond donors (Lipinski definition) is 1. The molecule has 6 nitrogen and oxygen atoms in total. The van der Waals surface area contributed by atoms with Crippen LogP contribution in [0, 0.1) is 0 Å². The maximum Gasteiger partial charge on any atom is 0.264 e. The molecule has 0 atom stereocenters. The van der Waals surface area contributed by atoms with Crippen molar-refractivity contribution in [2.75, 3.05) is 23.3 Å². The Bertz CT molecular complexity index is 1140. The Morgan fingerprint density at radius 1 is 1.07 bits per heavy atom. The van der Waals surface area contributed by atoms with Gasteiger partial charge in [0.25, 0.3) is 15.9 Å². The molecule has 0 unspecified atom stereocenters. The zero-order valence-corrected chi connectivity index (χ0v) is 19.0. The average Bonchev–Trinajstić information content (AvgIpc) is 2.73. The largest absolute Gasteiger partial charge is 0.482 e. The fourth-order valence-corrected chi connectivity index (χ4v) is 4.50. The summed E-state index contributed by atoms with van der Waals surface area (Å²) >= 11 is 9.35. The molecular weight excluding hydrogens is 492 g/mol. The van der Waals surface area contributed by atoms with Gasteiger partial charge in [-0.25, -0.2) is 8.42 Å². The molecule has 1 N–H and O–H groups in total. The number of hydrogen-bond acceptors (Lipinski definition) is 4. The molecule has 0 aliphatic carbocycles. The predicted molar refractivity (Wildman–Crippen MR) is 122 cm³/mol. The number of nitrogens with zero attached hydrogens (tertiary/aromatic N) is 1. The highest BCUT2D eigenvalue weighted by Crippen LogP contribution is 2.28. The van der Waals surface area contributed by atoms with Gasteiger partial charge in [-0.3, -0.25) is 9.10 Å². The second-order valence-electron chi connectivity index (χ2n) is 6.24. The van der Waals surface area contributed by atoms with Crippen LogP contribution < -0.4 is 14.4 Å². The first-order valence-corrected chi connectivity index (χ1v) is 11.4. The van der Waals surface area contributed by atoms with E-state index in [0.717, 1.165) is 4.47 Å². The first kappa shape index (κ1) is 22.1. The van der Waals surface area contributed by atoms with Crippen LogP contribution in [0.2, 0.25) is 5.02 Å². The van der Waals surface area contributed by atoms with Gasteiger partial charge in [-0.05, 0) is 54.6 Å². The third kappa shape index (κ3) is 5.33. The fraction of sp³-hybridized carbons (Fsp3) is 0.0952. The molecule has 3 aromatic rings. The van der Waals surface area contributed by atoms with E-state index < -0.39 is 15.9 Å². The molecular formula is C21H18BrClN2O4S. The number of nitrogens with one attached hydrogen (secondary N) is 1. The van der Waals surface area contributed by atoms with Gasteiger partial charge in [-0.1, -0.05) is 45.7 Å². The summed E-state index contributed by atoms with van der Waals surface area (Å²) < 4.78 is 33.0. The highest BCUT2D eigenvalue weighted by atomic mass is 79.9. The Hall–Kier alpha value is -2.55. The summed E-state index contributed by atoms with van der Waals surface area (Å²) in [5.74, 6) is -0.00796. The minimum Gasteiger partial charge on any atom is -0.482 e. The molecule has 9 heteroatoms. The summed E-state index contributed by atoms with van der Waals surface area (Å²) in [6.07, 6.45) is 0. The van der Waals surface area contributed by atoms with Crippen LogP contribution in [0.3, 0.4) is 0 Å². The van der Waals surface area contributed by atoms with Crippen molar-refractivity contribution < 1.29 is 17.9 Å². The van der Waals surface area contributed by atoms with Gasteiger partial charge >= 0.3 is 0 Å². The van der Waals surface area contributed by atoms with Gasteiger partial charge in [0, 0.05) is 17.2 Å². The zero-order valence-electron chi connectivity index (χ0n) is 15.9. The van der Waals surface area contributed by atoms with E-state index in [1.807, 2.05) is 6.07 Å². The molecule has 156 valence electrons. The molecule has 0 aromatic heterocycles. The van der Waals surface area contributed by atoms with E-state index in [0.29, 0.717) is 22.1 Å². The Labute approximate surface area is 188 Å². The van der Waals surface area contributed by atoms with Crippen LogP contribution in [-0.2, 0) is 14.8 Å². The number of para-hydroxylation sites is 1. The minimum atomic E-state index is -3.71. The molecule has 0 saturated carbocycles. The molecule has 0 fully saturated rings. The van der Waals surface area contributed by atoms with E-state index in [1.165, 1.54) is 35.6 Å². The van der Waals surface area contributed by atoms with Crippen LogP contribution in [0.15, 0.2) is 82.2 Å². The second kappa shape index (κ2) is 9.51. The highest BCUT2D eigenvalue weighted by Gasteiger charge is 2.21. The average molecular weight is 510 g/mol. The molecule has 0 saturated heterocycles. The van der Waals surface area contributed by atoms with Gasteiger partial charge in [0.15, 0.2) is 6.61 Å². The Morgan fingerprint density at radius 3 is 2.37 bits per heavy atom. The Balaban J connectivity index is 1.63. The van der Waals surface area contributed by atoms with Crippen LogP contribution in [0.5, 0.6) is 5.75 Å². The summed E-state index contributed by atoms with van der Waals surface area (Å²) in [5, 5.41) is 3.04. The summed E-state index contributed by atoms with van der Waals surface area (Å²) in [4.78, 5) is 12.2. The number of ether oxygens (including phenoxy) is 1. The van der Waals surface area contributed by atoms with Crippen LogP contribution in [0.1, 0.15) is 0 Å². The Kier molecular flexibility index (Phi) is 7.02. The predicted octanol–water partition coefficient (Wildman–Crippen LogP) is 4.95. The van der Waals surface area contributed by atoms with E-state index in [2.05, 4.69) is 21.2 Å². The lowest BCUT2D eigenvalue weighted by atomic mass is 10.3. The summed E-state index contributed by atoms with van der Waals surface area (Å²) in [7, 11) is -2.22. The lowest BCUT2D eigenvalue weighted by Crippen LogP contribution is -2.26. The third-order valence-corrected chi connectivity index (χ3v) is 6.76. The van der Waals surface area contributed by atoms with Gasteiger partial charge in [0.1, 0.15) is 5.75 Å². The number of benzene rings is 3. The number of amides is 1. The molecule has 0 spiro atoms. The first-order valence-electron chi connectivity index (χ1n) is 8.79. The van der Waals surface area contributed by atoms with Crippen molar-refractivity contribution in [1.82, 2.24) is 0 Å². The highest BCUT2D eigenvalue weighted by molar-refractivity contribution is 9.10. The molecule has 3 aromatic carbocycles. The maximum atomic E-state index is 12.8. The van der Waals surface area contributed by atoms with Crippen LogP contribution in [0.4, 0.5) is 11.4 Å². The monoisotopic (exact) mass is 508 g/mol. The van der Waals surface area contributed by atoms with Crippen LogP contribution in [0.25, 0.3) is 0 Å². The van der Waals surface area contributed by atoms with Crippen molar-refractivity contribution in [3.05, 3.63) is 82.3 Å². The van der Waals surface area contributed by atoms with Crippen LogP contribution >= 0.6 is 27.5 Å².